The minimum absolute atomic E-state index is 0.0366. The molecule has 0 unspecified atom stereocenters. The molecule has 1 aliphatic carbocycles. The second-order valence-corrected chi connectivity index (χ2v) is 6.79. The number of nitrogens with zero attached hydrogens (tertiary/aromatic N) is 2. The molecule has 18 heavy (non-hydrogen) atoms. The highest BCUT2D eigenvalue weighted by atomic mass is 32.2. The van der Waals surface area contributed by atoms with Crippen molar-refractivity contribution in [1.29, 1.82) is 0 Å². The van der Waals surface area contributed by atoms with E-state index in [0.29, 0.717) is 12.5 Å². The first kappa shape index (κ1) is 13.3. The van der Waals surface area contributed by atoms with E-state index in [9.17, 15) is 8.42 Å². The van der Waals surface area contributed by atoms with E-state index in [4.69, 9.17) is 5.73 Å². The van der Waals surface area contributed by atoms with Gasteiger partial charge in [-0.2, -0.15) is 4.31 Å². The van der Waals surface area contributed by atoms with Crippen molar-refractivity contribution in [2.24, 2.45) is 5.92 Å². The van der Waals surface area contributed by atoms with Gasteiger partial charge in [-0.1, -0.05) is 12.8 Å². The van der Waals surface area contributed by atoms with Crippen LogP contribution in [-0.4, -0.2) is 31.3 Å². The maximum Gasteiger partial charge on any atom is 0.262 e. The Bertz CT molecular complexity index is 510. The first-order chi connectivity index (χ1) is 8.51. The number of pyridine rings is 1. The number of aromatic nitrogens is 1. The average molecular weight is 269 g/mol. The third-order valence-corrected chi connectivity index (χ3v) is 5.24. The number of nitrogen functional groups attached to an aromatic ring is 1. The molecule has 0 aromatic carbocycles. The van der Waals surface area contributed by atoms with Crippen molar-refractivity contribution in [2.45, 2.75) is 30.7 Å². The van der Waals surface area contributed by atoms with E-state index >= 15 is 0 Å². The zero-order chi connectivity index (χ0) is 13.2. The van der Waals surface area contributed by atoms with Crippen molar-refractivity contribution in [3.63, 3.8) is 0 Å². The summed E-state index contributed by atoms with van der Waals surface area (Å²) in [6, 6.07) is 3.19. The van der Waals surface area contributed by atoms with Crippen molar-refractivity contribution in [3.8, 4) is 0 Å². The summed E-state index contributed by atoms with van der Waals surface area (Å²) in [5, 5.41) is -0.0366. The van der Waals surface area contributed by atoms with Crippen LogP contribution in [0.3, 0.4) is 0 Å². The van der Waals surface area contributed by atoms with E-state index in [1.165, 1.54) is 23.3 Å². The Kier molecular flexibility index (Phi) is 3.87. The van der Waals surface area contributed by atoms with Crippen LogP contribution in [0.4, 0.5) is 5.69 Å². The fraction of sp³-hybridized carbons (Fsp3) is 0.583. The standard InChI is InChI=1S/C12H19N3O2S/c1-15(9-10-5-2-3-6-10)18(16,17)12-11(13)7-4-8-14-12/h4,7-8,10H,2-3,5-6,9,13H2,1H3. The smallest absolute Gasteiger partial charge is 0.262 e. The molecule has 0 spiro atoms. The molecule has 0 atom stereocenters. The largest absolute Gasteiger partial charge is 0.396 e. The highest BCUT2D eigenvalue weighted by Gasteiger charge is 2.27. The quantitative estimate of drug-likeness (QED) is 0.898. The maximum atomic E-state index is 12.3. The van der Waals surface area contributed by atoms with Gasteiger partial charge in [0.25, 0.3) is 10.0 Å². The molecule has 2 rings (SSSR count). The average Bonchev–Trinajstić information content (AvgIpc) is 2.82. The van der Waals surface area contributed by atoms with Crippen molar-refractivity contribution in [1.82, 2.24) is 9.29 Å². The zero-order valence-corrected chi connectivity index (χ0v) is 11.4. The molecule has 5 nitrogen and oxygen atoms in total. The lowest BCUT2D eigenvalue weighted by atomic mass is 10.1. The lowest BCUT2D eigenvalue weighted by molar-refractivity contribution is 0.386. The topological polar surface area (TPSA) is 76.3 Å². The number of nitrogens with two attached hydrogens (primary N) is 1. The fourth-order valence-electron chi connectivity index (χ4n) is 2.42. The fourth-order valence-corrected chi connectivity index (χ4v) is 3.68. The van der Waals surface area contributed by atoms with Crippen LogP contribution < -0.4 is 5.73 Å². The molecule has 0 amide bonds. The van der Waals surface area contributed by atoms with Crippen molar-refractivity contribution >= 4 is 15.7 Å². The maximum absolute atomic E-state index is 12.3. The number of anilines is 1. The van der Waals surface area contributed by atoms with E-state index in [0.717, 1.165) is 12.8 Å². The normalized spacial score (nSPS) is 17.4. The van der Waals surface area contributed by atoms with Gasteiger partial charge in [0.2, 0.25) is 0 Å². The van der Waals surface area contributed by atoms with Gasteiger partial charge in [-0.3, -0.25) is 0 Å². The lowest BCUT2D eigenvalue weighted by Gasteiger charge is -2.20. The molecule has 1 fully saturated rings. The summed E-state index contributed by atoms with van der Waals surface area (Å²) in [4.78, 5) is 3.89. The molecular formula is C12H19N3O2S. The Morgan fingerprint density at radius 2 is 2.11 bits per heavy atom. The van der Waals surface area contributed by atoms with Gasteiger partial charge in [-0.15, -0.1) is 0 Å². The van der Waals surface area contributed by atoms with Crippen molar-refractivity contribution in [3.05, 3.63) is 18.3 Å². The van der Waals surface area contributed by atoms with Crippen molar-refractivity contribution in [2.75, 3.05) is 19.3 Å². The molecule has 0 radical (unpaired) electrons. The monoisotopic (exact) mass is 269 g/mol. The molecule has 1 heterocycles. The van der Waals surface area contributed by atoms with Gasteiger partial charge in [0.05, 0.1) is 5.69 Å². The van der Waals surface area contributed by atoms with E-state index in [1.807, 2.05) is 0 Å². The van der Waals surface area contributed by atoms with Gasteiger partial charge in [0.1, 0.15) is 0 Å². The van der Waals surface area contributed by atoms with Crippen molar-refractivity contribution < 1.29 is 8.42 Å². The molecular weight excluding hydrogens is 250 g/mol. The summed E-state index contributed by atoms with van der Waals surface area (Å²) in [6.45, 7) is 0.554. The molecule has 1 aromatic rings. The molecule has 1 saturated carbocycles. The molecule has 1 aliphatic rings. The predicted octanol–water partition coefficient (Wildman–Crippen LogP) is 1.47. The summed E-state index contributed by atoms with van der Waals surface area (Å²) >= 11 is 0. The van der Waals surface area contributed by atoms with Gasteiger partial charge in [0, 0.05) is 19.8 Å². The Labute approximate surface area is 108 Å². The third kappa shape index (κ3) is 2.64. The second kappa shape index (κ2) is 5.24. The molecule has 2 N–H and O–H groups in total. The minimum Gasteiger partial charge on any atom is -0.396 e. The lowest BCUT2D eigenvalue weighted by Crippen LogP contribution is -2.32. The first-order valence-electron chi connectivity index (χ1n) is 6.18. The van der Waals surface area contributed by atoms with E-state index in [1.54, 1.807) is 19.2 Å². The SMILES string of the molecule is CN(CC1CCCC1)S(=O)(=O)c1ncccc1N. The van der Waals surface area contributed by atoms with Gasteiger partial charge in [-0.05, 0) is 30.9 Å². The molecule has 1 aromatic heterocycles. The zero-order valence-electron chi connectivity index (χ0n) is 10.5. The van der Waals surface area contributed by atoms with Crippen LogP contribution in [0.1, 0.15) is 25.7 Å². The summed E-state index contributed by atoms with van der Waals surface area (Å²) < 4.78 is 26.0. The number of hydrogen-bond donors (Lipinski definition) is 1. The minimum atomic E-state index is -3.56. The van der Waals surface area contributed by atoms with Crippen LogP contribution in [0.5, 0.6) is 0 Å². The Balaban J connectivity index is 2.17. The number of sulfonamides is 1. The van der Waals surface area contributed by atoms with E-state index in [2.05, 4.69) is 4.98 Å². The van der Waals surface area contributed by atoms with Crippen LogP contribution in [0.15, 0.2) is 23.4 Å². The molecule has 0 bridgehead atoms. The van der Waals surface area contributed by atoms with Crippen LogP contribution >= 0.6 is 0 Å². The molecule has 0 aliphatic heterocycles. The second-order valence-electron chi connectivity index (χ2n) is 4.83. The van der Waals surface area contributed by atoms with E-state index < -0.39 is 10.0 Å². The predicted molar refractivity (Wildman–Crippen MR) is 70.4 cm³/mol. The van der Waals surface area contributed by atoms with Crippen LogP contribution in [-0.2, 0) is 10.0 Å². The molecule has 100 valence electrons. The summed E-state index contributed by atoms with van der Waals surface area (Å²) in [5.74, 6) is 0.467. The summed E-state index contributed by atoms with van der Waals surface area (Å²) in [5.41, 5.74) is 5.89. The van der Waals surface area contributed by atoms with Gasteiger partial charge >= 0.3 is 0 Å². The highest BCUT2D eigenvalue weighted by molar-refractivity contribution is 7.89. The van der Waals surface area contributed by atoms with Crippen LogP contribution in [0.2, 0.25) is 0 Å². The van der Waals surface area contributed by atoms with Gasteiger partial charge in [-0.25, -0.2) is 13.4 Å². The van der Waals surface area contributed by atoms with Crippen LogP contribution in [0, 0.1) is 5.92 Å². The number of rotatable bonds is 4. The summed E-state index contributed by atoms with van der Waals surface area (Å²) in [6.07, 6.45) is 6.07. The number of hydrogen-bond acceptors (Lipinski definition) is 4. The first-order valence-corrected chi connectivity index (χ1v) is 7.62. The summed E-state index contributed by atoms with van der Waals surface area (Å²) in [7, 11) is -1.96. The molecule has 6 heteroatoms. The van der Waals surface area contributed by atoms with Crippen LogP contribution in [0.25, 0.3) is 0 Å². The Hall–Kier alpha value is -1.14. The third-order valence-electron chi connectivity index (χ3n) is 3.45. The van der Waals surface area contributed by atoms with Gasteiger partial charge in [0.15, 0.2) is 5.03 Å². The highest BCUT2D eigenvalue weighted by Crippen LogP contribution is 2.27. The Morgan fingerprint density at radius 3 is 2.72 bits per heavy atom. The molecule has 0 saturated heterocycles. The Morgan fingerprint density at radius 1 is 1.44 bits per heavy atom. The van der Waals surface area contributed by atoms with Gasteiger partial charge < -0.3 is 5.73 Å². The van der Waals surface area contributed by atoms with E-state index in [-0.39, 0.29) is 10.7 Å².